The van der Waals surface area contributed by atoms with Gasteiger partial charge >= 0.3 is 0 Å². The summed E-state index contributed by atoms with van der Waals surface area (Å²) in [6.45, 7) is 4.22. The van der Waals surface area contributed by atoms with Gasteiger partial charge in [-0.15, -0.1) is 0 Å². The third-order valence-electron chi connectivity index (χ3n) is 2.99. The highest BCUT2D eigenvalue weighted by atomic mass is 127. The molecule has 0 amide bonds. The summed E-state index contributed by atoms with van der Waals surface area (Å²) in [4.78, 5) is 0. The molecular formula is C13H16IN3. The Bertz CT molecular complexity index is 558. The Kier molecular flexibility index (Phi) is 3.42. The Labute approximate surface area is 115 Å². The Morgan fingerprint density at radius 2 is 2.12 bits per heavy atom. The molecule has 0 bridgehead atoms. The molecular weight excluding hydrogens is 325 g/mol. The van der Waals surface area contributed by atoms with Gasteiger partial charge in [0.15, 0.2) is 0 Å². The number of nitrogens with zero attached hydrogens (tertiary/aromatic N) is 2. The van der Waals surface area contributed by atoms with Crippen LogP contribution in [0, 0.1) is 10.5 Å². The van der Waals surface area contributed by atoms with E-state index in [9.17, 15) is 0 Å². The second-order valence-electron chi connectivity index (χ2n) is 4.13. The molecule has 2 N–H and O–H groups in total. The van der Waals surface area contributed by atoms with Gasteiger partial charge in [0.05, 0.1) is 5.69 Å². The molecule has 1 aromatic heterocycles. The van der Waals surface area contributed by atoms with Gasteiger partial charge < -0.3 is 5.73 Å². The topological polar surface area (TPSA) is 43.8 Å². The number of hydrogen-bond donors (Lipinski definition) is 1. The molecule has 0 aliphatic rings. The van der Waals surface area contributed by atoms with Gasteiger partial charge in [0.2, 0.25) is 0 Å². The Morgan fingerprint density at radius 1 is 1.41 bits per heavy atom. The fraction of sp³-hybridized carbons (Fsp3) is 0.308. The van der Waals surface area contributed by atoms with Gasteiger partial charge in [0.25, 0.3) is 0 Å². The lowest BCUT2D eigenvalue weighted by molar-refractivity contribution is 0.781. The molecule has 0 radical (unpaired) electrons. The first kappa shape index (κ1) is 12.4. The molecule has 90 valence electrons. The van der Waals surface area contributed by atoms with Gasteiger partial charge in [0.1, 0.15) is 5.82 Å². The summed E-state index contributed by atoms with van der Waals surface area (Å²) in [5.41, 5.74) is 10.6. The van der Waals surface area contributed by atoms with Crippen molar-refractivity contribution in [2.75, 3.05) is 5.73 Å². The van der Waals surface area contributed by atoms with E-state index < -0.39 is 0 Å². The number of benzene rings is 1. The SMILES string of the molecule is CCc1c(-c2cccc(C)c2I)nn(C)c1N. The predicted molar refractivity (Wildman–Crippen MR) is 79.9 cm³/mol. The molecule has 4 heteroatoms. The molecule has 17 heavy (non-hydrogen) atoms. The second kappa shape index (κ2) is 4.68. The minimum atomic E-state index is 0.764. The molecule has 0 saturated heterocycles. The lowest BCUT2D eigenvalue weighted by Crippen LogP contribution is -1.98. The van der Waals surface area contributed by atoms with Crippen molar-refractivity contribution in [3.63, 3.8) is 0 Å². The first-order valence-electron chi connectivity index (χ1n) is 5.63. The summed E-state index contributed by atoms with van der Waals surface area (Å²) >= 11 is 2.37. The molecule has 0 atom stereocenters. The summed E-state index contributed by atoms with van der Waals surface area (Å²) < 4.78 is 3.00. The van der Waals surface area contributed by atoms with Crippen LogP contribution in [0.4, 0.5) is 5.82 Å². The van der Waals surface area contributed by atoms with Crippen LogP contribution in [0.3, 0.4) is 0 Å². The molecule has 0 fully saturated rings. The largest absolute Gasteiger partial charge is 0.384 e. The van der Waals surface area contributed by atoms with Crippen molar-refractivity contribution in [2.45, 2.75) is 20.3 Å². The molecule has 0 unspecified atom stereocenters. The van der Waals surface area contributed by atoms with E-state index in [0.29, 0.717) is 0 Å². The van der Waals surface area contributed by atoms with Gasteiger partial charge in [-0.1, -0.05) is 25.1 Å². The molecule has 1 heterocycles. The fourth-order valence-electron chi connectivity index (χ4n) is 1.98. The highest BCUT2D eigenvalue weighted by Gasteiger charge is 2.16. The zero-order chi connectivity index (χ0) is 12.6. The first-order valence-corrected chi connectivity index (χ1v) is 6.71. The lowest BCUT2D eigenvalue weighted by Gasteiger charge is -2.06. The maximum Gasteiger partial charge on any atom is 0.125 e. The molecule has 2 aromatic rings. The van der Waals surface area contributed by atoms with E-state index in [4.69, 9.17) is 5.73 Å². The van der Waals surface area contributed by atoms with Gasteiger partial charge in [-0.25, -0.2) is 0 Å². The Balaban J connectivity index is 2.68. The van der Waals surface area contributed by atoms with Crippen LogP contribution >= 0.6 is 22.6 Å². The van der Waals surface area contributed by atoms with Crippen LogP contribution in [0.2, 0.25) is 0 Å². The van der Waals surface area contributed by atoms with Crippen LogP contribution in [0.25, 0.3) is 11.3 Å². The average molecular weight is 341 g/mol. The normalized spacial score (nSPS) is 10.8. The van der Waals surface area contributed by atoms with Crippen LogP contribution in [0.1, 0.15) is 18.1 Å². The fourth-order valence-corrected chi connectivity index (χ4v) is 2.59. The number of hydrogen-bond acceptors (Lipinski definition) is 2. The third kappa shape index (κ3) is 2.06. The van der Waals surface area contributed by atoms with Gasteiger partial charge in [-0.3, -0.25) is 4.68 Å². The lowest BCUT2D eigenvalue weighted by atomic mass is 10.0. The summed E-state index contributed by atoms with van der Waals surface area (Å²) in [5.74, 6) is 0.764. The minimum absolute atomic E-state index is 0.764. The molecule has 2 rings (SSSR count). The van der Waals surface area contributed by atoms with E-state index in [1.54, 1.807) is 4.68 Å². The number of halogens is 1. The van der Waals surface area contributed by atoms with Crippen molar-refractivity contribution in [3.8, 4) is 11.3 Å². The van der Waals surface area contributed by atoms with Crippen molar-refractivity contribution in [2.24, 2.45) is 7.05 Å². The maximum absolute atomic E-state index is 6.04. The van der Waals surface area contributed by atoms with Crippen LogP contribution in [0.15, 0.2) is 18.2 Å². The summed E-state index contributed by atoms with van der Waals surface area (Å²) in [6.07, 6.45) is 0.902. The van der Waals surface area contributed by atoms with Crippen LogP contribution in [-0.4, -0.2) is 9.78 Å². The summed E-state index contributed by atoms with van der Waals surface area (Å²) in [6, 6.07) is 6.29. The van der Waals surface area contributed by atoms with Crippen LogP contribution < -0.4 is 5.73 Å². The molecule has 1 aromatic carbocycles. The number of nitrogen functional groups attached to an aromatic ring is 1. The zero-order valence-corrected chi connectivity index (χ0v) is 12.4. The van der Waals surface area contributed by atoms with Crippen LogP contribution in [0.5, 0.6) is 0 Å². The zero-order valence-electron chi connectivity index (χ0n) is 10.3. The number of rotatable bonds is 2. The minimum Gasteiger partial charge on any atom is -0.384 e. The molecule has 0 aliphatic heterocycles. The van der Waals surface area contributed by atoms with E-state index in [2.05, 4.69) is 59.7 Å². The summed E-state index contributed by atoms with van der Waals surface area (Å²) in [7, 11) is 1.89. The molecule has 0 aliphatic carbocycles. The van der Waals surface area contributed by atoms with Gasteiger partial charge in [-0.2, -0.15) is 5.10 Å². The molecule has 3 nitrogen and oxygen atoms in total. The third-order valence-corrected chi connectivity index (χ3v) is 4.43. The van der Waals surface area contributed by atoms with Gasteiger partial charge in [-0.05, 0) is 41.5 Å². The highest BCUT2D eigenvalue weighted by Crippen LogP contribution is 2.31. The summed E-state index contributed by atoms with van der Waals surface area (Å²) in [5, 5.41) is 4.54. The van der Waals surface area contributed by atoms with Crippen molar-refractivity contribution in [3.05, 3.63) is 32.9 Å². The molecule has 0 saturated carbocycles. The Morgan fingerprint density at radius 3 is 2.76 bits per heavy atom. The van der Waals surface area contributed by atoms with Crippen molar-refractivity contribution in [1.29, 1.82) is 0 Å². The second-order valence-corrected chi connectivity index (χ2v) is 5.20. The first-order chi connectivity index (χ1) is 8.06. The standard InChI is InChI=1S/C13H16IN3/c1-4-9-12(16-17(3)13(9)15)10-7-5-6-8(2)11(10)14/h5-7H,4,15H2,1-3H3. The van der Waals surface area contributed by atoms with Crippen molar-refractivity contribution < 1.29 is 0 Å². The highest BCUT2D eigenvalue weighted by molar-refractivity contribution is 14.1. The number of anilines is 1. The predicted octanol–water partition coefficient (Wildman–Crippen LogP) is 3.14. The van der Waals surface area contributed by atoms with Crippen LogP contribution in [-0.2, 0) is 13.5 Å². The van der Waals surface area contributed by atoms with E-state index in [1.165, 1.54) is 14.7 Å². The van der Waals surface area contributed by atoms with Gasteiger partial charge in [0, 0.05) is 21.7 Å². The van der Waals surface area contributed by atoms with E-state index in [1.807, 2.05) is 7.05 Å². The van der Waals surface area contributed by atoms with Crippen molar-refractivity contribution in [1.82, 2.24) is 9.78 Å². The number of nitrogens with two attached hydrogens (primary N) is 1. The van der Waals surface area contributed by atoms with E-state index in [-0.39, 0.29) is 0 Å². The van der Waals surface area contributed by atoms with E-state index in [0.717, 1.165) is 23.5 Å². The number of aromatic nitrogens is 2. The Hall–Kier alpha value is -1.04. The van der Waals surface area contributed by atoms with Crippen molar-refractivity contribution >= 4 is 28.4 Å². The maximum atomic E-state index is 6.04. The van der Waals surface area contributed by atoms with E-state index >= 15 is 0 Å². The monoisotopic (exact) mass is 341 g/mol. The average Bonchev–Trinajstić information content (AvgIpc) is 2.59. The molecule has 0 spiro atoms. The quantitative estimate of drug-likeness (QED) is 0.853. The number of aryl methyl sites for hydroxylation is 2. The smallest absolute Gasteiger partial charge is 0.125 e.